The molecule has 2 rings (SSSR count). The van der Waals surface area contributed by atoms with Gasteiger partial charge in [0.05, 0.1) is 0 Å². The van der Waals surface area contributed by atoms with Crippen LogP contribution in [-0.2, 0) is 4.79 Å². The van der Waals surface area contributed by atoms with Crippen molar-refractivity contribution in [2.24, 2.45) is 5.92 Å². The normalized spacial score (nSPS) is 16.2. The Morgan fingerprint density at radius 1 is 1.42 bits per heavy atom. The summed E-state index contributed by atoms with van der Waals surface area (Å²) < 4.78 is 0. The van der Waals surface area contributed by atoms with Gasteiger partial charge in [0.25, 0.3) is 5.91 Å². The van der Waals surface area contributed by atoms with Crippen molar-refractivity contribution in [1.29, 1.82) is 0 Å². The molecule has 0 aromatic carbocycles. The van der Waals surface area contributed by atoms with Crippen molar-refractivity contribution in [3.8, 4) is 0 Å². The maximum atomic E-state index is 11.5. The van der Waals surface area contributed by atoms with E-state index in [1.807, 2.05) is 6.92 Å². The number of amides is 1. The molecule has 1 saturated heterocycles. The van der Waals surface area contributed by atoms with E-state index in [1.54, 1.807) is 12.1 Å². The van der Waals surface area contributed by atoms with Crippen LogP contribution in [0.15, 0.2) is 12.1 Å². The molecule has 0 bridgehead atoms. The van der Waals surface area contributed by atoms with Gasteiger partial charge in [-0.3, -0.25) is 4.79 Å². The standard InChI is InChI=1S/C13H18N4O2/c1-2-14-13(19)11-3-4-12(16-15-11)17-7-5-10(9-18)6-8-17/h3-4,9-10H,2,5-8H2,1H3,(H,14,19). The van der Waals surface area contributed by atoms with Gasteiger partial charge >= 0.3 is 0 Å². The monoisotopic (exact) mass is 262 g/mol. The van der Waals surface area contributed by atoms with Crippen LogP contribution in [0.2, 0.25) is 0 Å². The molecule has 1 aliphatic heterocycles. The lowest BCUT2D eigenvalue weighted by atomic mass is 9.99. The summed E-state index contributed by atoms with van der Waals surface area (Å²) >= 11 is 0. The zero-order valence-corrected chi connectivity index (χ0v) is 11.0. The number of nitrogens with one attached hydrogen (secondary N) is 1. The van der Waals surface area contributed by atoms with Crippen LogP contribution >= 0.6 is 0 Å². The Kier molecular flexibility index (Phi) is 4.43. The quantitative estimate of drug-likeness (QED) is 0.806. The Balaban J connectivity index is 1.99. The number of carbonyl (C=O) groups excluding carboxylic acids is 2. The molecule has 0 atom stereocenters. The number of piperidine rings is 1. The molecule has 0 aliphatic carbocycles. The Morgan fingerprint density at radius 2 is 2.16 bits per heavy atom. The van der Waals surface area contributed by atoms with Crippen LogP contribution in [0.25, 0.3) is 0 Å². The Morgan fingerprint density at radius 3 is 2.68 bits per heavy atom. The Hall–Kier alpha value is -1.98. The van der Waals surface area contributed by atoms with Gasteiger partial charge in [-0.05, 0) is 31.9 Å². The van der Waals surface area contributed by atoms with Gasteiger partial charge in [-0.15, -0.1) is 10.2 Å². The van der Waals surface area contributed by atoms with Crippen molar-refractivity contribution in [3.05, 3.63) is 17.8 Å². The van der Waals surface area contributed by atoms with Gasteiger partial charge < -0.3 is 15.0 Å². The minimum atomic E-state index is -0.207. The molecule has 1 fully saturated rings. The molecule has 19 heavy (non-hydrogen) atoms. The van der Waals surface area contributed by atoms with E-state index < -0.39 is 0 Å². The van der Waals surface area contributed by atoms with Gasteiger partial charge in [0, 0.05) is 25.6 Å². The third-order valence-electron chi connectivity index (χ3n) is 3.28. The Labute approximate surface area is 112 Å². The van der Waals surface area contributed by atoms with Crippen LogP contribution < -0.4 is 10.2 Å². The molecule has 1 N–H and O–H groups in total. The number of nitrogens with zero attached hydrogens (tertiary/aromatic N) is 3. The second-order valence-corrected chi connectivity index (χ2v) is 4.60. The average Bonchev–Trinajstić information content (AvgIpc) is 2.48. The van der Waals surface area contributed by atoms with E-state index in [1.165, 1.54) is 0 Å². The predicted octanol–water partition coefficient (Wildman–Crippen LogP) is 0.642. The third-order valence-corrected chi connectivity index (χ3v) is 3.28. The van der Waals surface area contributed by atoms with Crippen LogP contribution in [-0.4, -0.2) is 42.0 Å². The molecule has 0 radical (unpaired) electrons. The summed E-state index contributed by atoms with van der Waals surface area (Å²) in [6.07, 6.45) is 2.73. The molecule has 1 aliphatic rings. The number of carbonyl (C=O) groups is 2. The average molecular weight is 262 g/mol. The lowest BCUT2D eigenvalue weighted by Crippen LogP contribution is -2.35. The number of hydrogen-bond donors (Lipinski definition) is 1. The minimum Gasteiger partial charge on any atom is -0.355 e. The fourth-order valence-corrected chi connectivity index (χ4v) is 2.13. The SMILES string of the molecule is CCNC(=O)c1ccc(N2CCC(C=O)CC2)nn1. The van der Waals surface area contributed by atoms with Crippen LogP contribution in [0, 0.1) is 5.92 Å². The summed E-state index contributed by atoms with van der Waals surface area (Å²) in [6, 6.07) is 3.48. The van der Waals surface area contributed by atoms with Crippen LogP contribution in [0.5, 0.6) is 0 Å². The molecule has 6 heteroatoms. The summed E-state index contributed by atoms with van der Waals surface area (Å²) in [5.41, 5.74) is 0.327. The second kappa shape index (κ2) is 6.26. The lowest BCUT2D eigenvalue weighted by Gasteiger charge is -2.30. The summed E-state index contributed by atoms with van der Waals surface area (Å²) in [4.78, 5) is 24.3. The van der Waals surface area contributed by atoms with Crippen LogP contribution in [0.1, 0.15) is 30.3 Å². The van der Waals surface area contributed by atoms with E-state index in [4.69, 9.17) is 0 Å². The van der Waals surface area contributed by atoms with Gasteiger partial charge in [-0.1, -0.05) is 0 Å². The molecule has 0 spiro atoms. The molecule has 1 aromatic heterocycles. The zero-order chi connectivity index (χ0) is 13.7. The van der Waals surface area contributed by atoms with Crippen molar-refractivity contribution >= 4 is 18.0 Å². The molecule has 0 unspecified atom stereocenters. The highest BCUT2D eigenvalue weighted by molar-refractivity contribution is 5.92. The number of aldehydes is 1. The summed E-state index contributed by atoms with van der Waals surface area (Å²) in [5, 5.41) is 10.7. The molecule has 6 nitrogen and oxygen atoms in total. The highest BCUT2D eigenvalue weighted by atomic mass is 16.1. The van der Waals surface area contributed by atoms with E-state index in [0.717, 1.165) is 38.0 Å². The van der Waals surface area contributed by atoms with E-state index in [0.29, 0.717) is 12.2 Å². The summed E-state index contributed by atoms with van der Waals surface area (Å²) in [5.74, 6) is 0.720. The summed E-state index contributed by atoms with van der Waals surface area (Å²) in [7, 11) is 0. The molecule has 0 saturated carbocycles. The minimum absolute atomic E-state index is 0.166. The Bertz CT molecular complexity index is 438. The molecule has 102 valence electrons. The number of anilines is 1. The van der Waals surface area contributed by atoms with Gasteiger partial charge in [0.2, 0.25) is 0 Å². The maximum Gasteiger partial charge on any atom is 0.271 e. The van der Waals surface area contributed by atoms with Gasteiger partial charge in [0.15, 0.2) is 11.5 Å². The first-order valence-corrected chi connectivity index (χ1v) is 6.56. The molecule has 1 amide bonds. The first-order valence-electron chi connectivity index (χ1n) is 6.56. The van der Waals surface area contributed by atoms with Crippen LogP contribution in [0.3, 0.4) is 0 Å². The highest BCUT2D eigenvalue weighted by Gasteiger charge is 2.20. The van der Waals surface area contributed by atoms with E-state index >= 15 is 0 Å². The highest BCUT2D eigenvalue weighted by Crippen LogP contribution is 2.19. The number of hydrogen-bond acceptors (Lipinski definition) is 5. The van der Waals surface area contributed by atoms with Crippen molar-refractivity contribution in [1.82, 2.24) is 15.5 Å². The largest absolute Gasteiger partial charge is 0.355 e. The first-order chi connectivity index (χ1) is 9.24. The molecular formula is C13H18N4O2. The fourth-order valence-electron chi connectivity index (χ4n) is 2.13. The van der Waals surface area contributed by atoms with E-state index in [9.17, 15) is 9.59 Å². The van der Waals surface area contributed by atoms with E-state index in [-0.39, 0.29) is 11.8 Å². The van der Waals surface area contributed by atoms with Crippen LogP contribution in [0.4, 0.5) is 5.82 Å². The lowest BCUT2D eigenvalue weighted by molar-refractivity contribution is -0.111. The van der Waals surface area contributed by atoms with Gasteiger partial charge in [-0.2, -0.15) is 0 Å². The van der Waals surface area contributed by atoms with Gasteiger partial charge in [-0.25, -0.2) is 0 Å². The molecule has 2 heterocycles. The summed E-state index contributed by atoms with van der Waals surface area (Å²) in [6.45, 7) is 4.04. The molecule has 1 aromatic rings. The van der Waals surface area contributed by atoms with Crippen molar-refractivity contribution < 1.29 is 9.59 Å². The molecular weight excluding hydrogens is 244 g/mol. The van der Waals surface area contributed by atoms with Crippen molar-refractivity contribution in [3.63, 3.8) is 0 Å². The third kappa shape index (κ3) is 3.27. The van der Waals surface area contributed by atoms with Gasteiger partial charge in [0.1, 0.15) is 6.29 Å². The fraction of sp³-hybridized carbons (Fsp3) is 0.538. The maximum absolute atomic E-state index is 11.5. The van der Waals surface area contributed by atoms with Crippen molar-refractivity contribution in [2.45, 2.75) is 19.8 Å². The van der Waals surface area contributed by atoms with Crippen molar-refractivity contribution in [2.75, 3.05) is 24.5 Å². The number of rotatable bonds is 4. The smallest absolute Gasteiger partial charge is 0.271 e. The zero-order valence-electron chi connectivity index (χ0n) is 11.0. The van der Waals surface area contributed by atoms with E-state index in [2.05, 4.69) is 20.4 Å². The topological polar surface area (TPSA) is 75.2 Å². The second-order valence-electron chi connectivity index (χ2n) is 4.60. The first kappa shape index (κ1) is 13.5. The predicted molar refractivity (Wildman–Crippen MR) is 71.0 cm³/mol. The number of aromatic nitrogens is 2.